The number of nitrogens with zero attached hydrogens (tertiary/aromatic N) is 4. The second-order valence-corrected chi connectivity index (χ2v) is 7.83. The van der Waals surface area contributed by atoms with Crippen LogP contribution in [0.2, 0.25) is 5.02 Å². The zero-order chi connectivity index (χ0) is 21.3. The fourth-order valence-electron chi connectivity index (χ4n) is 2.73. The van der Waals surface area contributed by atoms with Crippen LogP contribution in [0.15, 0.2) is 64.4 Å². The minimum absolute atomic E-state index is 0.0562. The number of fused-ring (bicyclic) bond motifs is 1. The van der Waals surface area contributed by atoms with Gasteiger partial charge in [0, 0.05) is 20.5 Å². The third-order valence-electron chi connectivity index (χ3n) is 4.07. The summed E-state index contributed by atoms with van der Waals surface area (Å²) < 4.78 is 27.5. The number of carbonyl (C=O) groups is 1. The van der Waals surface area contributed by atoms with Crippen molar-refractivity contribution in [2.75, 3.05) is 5.32 Å². The van der Waals surface area contributed by atoms with E-state index in [2.05, 4.69) is 20.4 Å². The highest BCUT2D eigenvalue weighted by Gasteiger charge is 2.20. The highest BCUT2D eigenvalue weighted by molar-refractivity contribution is 7.99. The van der Waals surface area contributed by atoms with Gasteiger partial charge < -0.3 is 5.32 Å². The van der Waals surface area contributed by atoms with Crippen molar-refractivity contribution in [2.24, 2.45) is 0 Å². The standard InChI is InChI=1S/C20H14ClF2N5OS/c1-11-10-15(17(22)23)28-20(24-11)26-18(27-28)19(29)25-14-4-2-3-5-16(14)30-13-8-6-12(21)7-9-13/h2-10,17H,1H3,(H,25,29). The van der Waals surface area contributed by atoms with Gasteiger partial charge in [0.2, 0.25) is 5.82 Å². The molecule has 0 aliphatic heterocycles. The summed E-state index contributed by atoms with van der Waals surface area (Å²) >= 11 is 7.36. The molecule has 2 heterocycles. The first-order valence-corrected chi connectivity index (χ1v) is 9.96. The number of nitrogens with one attached hydrogen (secondary N) is 1. The largest absolute Gasteiger partial charge is 0.318 e. The van der Waals surface area contributed by atoms with Crippen LogP contribution in [0, 0.1) is 6.92 Å². The van der Waals surface area contributed by atoms with Crippen molar-refractivity contribution in [1.29, 1.82) is 0 Å². The Balaban J connectivity index is 1.61. The van der Waals surface area contributed by atoms with E-state index in [4.69, 9.17) is 11.6 Å². The maximum absolute atomic E-state index is 13.3. The number of rotatable bonds is 5. The zero-order valence-electron chi connectivity index (χ0n) is 15.5. The molecule has 152 valence electrons. The molecule has 4 rings (SSSR count). The summed E-state index contributed by atoms with van der Waals surface area (Å²) in [6.07, 6.45) is -2.77. The Hall–Kier alpha value is -3.04. The van der Waals surface area contributed by atoms with Gasteiger partial charge in [-0.15, -0.1) is 5.10 Å². The van der Waals surface area contributed by atoms with E-state index in [0.29, 0.717) is 16.4 Å². The molecule has 0 fully saturated rings. The summed E-state index contributed by atoms with van der Waals surface area (Å²) in [5.74, 6) is -0.928. The molecule has 0 spiro atoms. The first kappa shape index (κ1) is 20.2. The quantitative estimate of drug-likeness (QED) is 0.443. The van der Waals surface area contributed by atoms with Crippen LogP contribution >= 0.6 is 23.4 Å². The van der Waals surface area contributed by atoms with Crippen LogP contribution in [0.1, 0.15) is 28.4 Å². The van der Waals surface area contributed by atoms with Crippen molar-refractivity contribution >= 4 is 40.7 Å². The Morgan fingerprint density at radius 2 is 1.87 bits per heavy atom. The Labute approximate surface area is 179 Å². The molecule has 0 atom stereocenters. The number of amides is 1. The van der Waals surface area contributed by atoms with Gasteiger partial charge in [-0.2, -0.15) is 9.50 Å². The molecular weight excluding hydrogens is 432 g/mol. The lowest BCUT2D eigenvalue weighted by Gasteiger charge is -2.09. The van der Waals surface area contributed by atoms with Crippen molar-refractivity contribution in [2.45, 2.75) is 23.1 Å². The van der Waals surface area contributed by atoms with Crippen molar-refractivity contribution in [3.8, 4) is 0 Å². The van der Waals surface area contributed by atoms with Crippen molar-refractivity contribution in [1.82, 2.24) is 19.6 Å². The van der Waals surface area contributed by atoms with Gasteiger partial charge in [-0.25, -0.2) is 13.8 Å². The fraction of sp³-hybridized carbons (Fsp3) is 0.100. The summed E-state index contributed by atoms with van der Waals surface area (Å²) in [6.45, 7) is 1.57. The maximum Gasteiger partial charge on any atom is 0.295 e. The Morgan fingerprint density at radius 1 is 1.13 bits per heavy atom. The highest BCUT2D eigenvalue weighted by atomic mass is 35.5. The SMILES string of the molecule is Cc1cc(C(F)F)n2nc(C(=O)Nc3ccccc3Sc3ccc(Cl)cc3)nc2n1. The number of alkyl halides is 2. The number of aromatic nitrogens is 4. The van der Waals surface area contributed by atoms with Crippen LogP contribution in [0.5, 0.6) is 0 Å². The van der Waals surface area contributed by atoms with Crippen molar-refractivity contribution < 1.29 is 13.6 Å². The minimum atomic E-state index is -2.77. The predicted molar refractivity (Wildman–Crippen MR) is 110 cm³/mol. The van der Waals surface area contributed by atoms with Gasteiger partial charge in [-0.3, -0.25) is 4.79 Å². The second-order valence-electron chi connectivity index (χ2n) is 6.28. The number of aryl methyl sites for hydroxylation is 1. The monoisotopic (exact) mass is 445 g/mol. The van der Waals surface area contributed by atoms with Gasteiger partial charge in [0.1, 0.15) is 5.69 Å². The molecule has 0 aliphatic rings. The van der Waals surface area contributed by atoms with E-state index >= 15 is 0 Å². The number of para-hydroxylation sites is 1. The van der Waals surface area contributed by atoms with E-state index in [-0.39, 0.29) is 17.3 Å². The summed E-state index contributed by atoms with van der Waals surface area (Å²) in [4.78, 5) is 22.5. The Bertz CT molecular complexity index is 1230. The van der Waals surface area contributed by atoms with Gasteiger partial charge in [-0.1, -0.05) is 35.5 Å². The van der Waals surface area contributed by atoms with Crippen LogP contribution < -0.4 is 5.32 Å². The van der Waals surface area contributed by atoms with E-state index < -0.39 is 12.3 Å². The maximum atomic E-state index is 13.3. The first-order valence-electron chi connectivity index (χ1n) is 8.77. The second kappa shape index (κ2) is 8.37. The van der Waals surface area contributed by atoms with Crippen molar-refractivity contribution in [3.63, 3.8) is 0 Å². The average Bonchev–Trinajstić information content (AvgIpc) is 3.14. The molecule has 2 aromatic carbocycles. The van der Waals surface area contributed by atoms with Crippen LogP contribution in [0.3, 0.4) is 0 Å². The number of benzene rings is 2. The minimum Gasteiger partial charge on any atom is -0.318 e. The average molecular weight is 446 g/mol. The molecule has 0 unspecified atom stereocenters. The topological polar surface area (TPSA) is 72.2 Å². The fourth-order valence-corrected chi connectivity index (χ4v) is 3.76. The molecule has 1 N–H and O–H groups in total. The first-order chi connectivity index (χ1) is 14.4. The number of hydrogen-bond donors (Lipinski definition) is 1. The molecule has 0 saturated carbocycles. The van der Waals surface area contributed by atoms with Crippen LogP contribution in [0.4, 0.5) is 14.5 Å². The molecule has 10 heteroatoms. The van der Waals surface area contributed by atoms with Crippen LogP contribution in [-0.2, 0) is 0 Å². The van der Waals surface area contributed by atoms with Gasteiger partial charge in [0.15, 0.2) is 0 Å². The smallest absolute Gasteiger partial charge is 0.295 e. The van der Waals surface area contributed by atoms with E-state index in [0.717, 1.165) is 14.3 Å². The van der Waals surface area contributed by atoms with E-state index in [1.54, 1.807) is 31.2 Å². The molecule has 6 nitrogen and oxygen atoms in total. The van der Waals surface area contributed by atoms with Gasteiger partial charge in [0.05, 0.1) is 5.69 Å². The summed E-state index contributed by atoms with van der Waals surface area (Å²) in [5.41, 5.74) is 0.532. The van der Waals surface area contributed by atoms with Gasteiger partial charge in [-0.05, 0) is 49.4 Å². The molecule has 30 heavy (non-hydrogen) atoms. The van der Waals surface area contributed by atoms with Crippen molar-refractivity contribution in [3.05, 3.63) is 76.8 Å². The Morgan fingerprint density at radius 3 is 2.60 bits per heavy atom. The van der Waals surface area contributed by atoms with Gasteiger partial charge >= 0.3 is 0 Å². The summed E-state index contributed by atoms with van der Waals surface area (Å²) in [7, 11) is 0. The summed E-state index contributed by atoms with van der Waals surface area (Å²) in [6, 6.07) is 15.7. The molecule has 0 radical (unpaired) electrons. The lowest BCUT2D eigenvalue weighted by Crippen LogP contribution is -2.14. The molecule has 4 aromatic rings. The molecular formula is C20H14ClF2N5OS. The Kier molecular flexibility index (Phi) is 5.65. The third kappa shape index (κ3) is 4.27. The van der Waals surface area contributed by atoms with E-state index in [9.17, 15) is 13.6 Å². The highest BCUT2D eigenvalue weighted by Crippen LogP contribution is 2.34. The molecule has 0 aliphatic carbocycles. The molecule has 1 amide bonds. The molecule has 0 bridgehead atoms. The van der Waals surface area contributed by atoms with E-state index in [1.807, 2.05) is 24.3 Å². The van der Waals surface area contributed by atoms with Crippen LogP contribution in [-0.4, -0.2) is 25.5 Å². The zero-order valence-corrected chi connectivity index (χ0v) is 17.1. The lowest BCUT2D eigenvalue weighted by molar-refractivity contribution is 0.101. The lowest BCUT2D eigenvalue weighted by atomic mass is 10.3. The van der Waals surface area contributed by atoms with E-state index in [1.165, 1.54) is 17.8 Å². The molecule has 0 saturated heterocycles. The summed E-state index contributed by atoms with van der Waals surface area (Å²) in [5, 5.41) is 7.30. The normalized spacial score (nSPS) is 11.2. The molecule has 2 aromatic heterocycles. The number of carbonyl (C=O) groups excluding carboxylic acids is 1. The number of anilines is 1. The third-order valence-corrected chi connectivity index (χ3v) is 5.41. The van der Waals surface area contributed by atoms with Crippen LogP contribution in [0.25, 0.3) is 5.78 Å². The number of halogens is 3. The van der Waals surface area contributed by atoms with Gasteiger partial charge in [0.25, 0.3) is 18.1 Å². The predicted octanol–water partition coefficient (Wildman–Crippen LogP) is 5.43. The number of hydrogen-bond acceptors (Lipinski definition) is 5.